The molecule has 3 aromatic rings. The molecule has 7 nitrogen and oxygen atoms in total. The van der Waals surface area contributed by atoms with Crippen LogP contribution < -0.4 is 15.4 Å². The lowest BCUT2D eigenvalue weighted by atomic mass is 10.2. The van der Waals surface area contributed by atoms with Crippen molar-refractivity contribution in [1.29, 1.82) is 0 Å². The second kappa shape index (κ2) is 8.75. The predicted octanol–water partition coefficient (Wildman–Crippen LogP) is 3.25. The van der Waals surface area contributed by atoms with Crippen LogP contribution in [-0.2, 0) is 6.54 Å². The zero-order chi connectivity index (χ0) is 19.1. The number of para-hydroxylation sites is 2. The molecule has 0 spiro atoms. The number of hydrogen-bond donors (Lipinski definition) is 2. The highest BCUT2D eigenvalue weighted by Crippen LogP contribution is 2.26. The number of benzene rings is 1. The standard InChI is InChI=1S/C20H21N5O2/c1-3-27-18-10-5-4-9-16(18)25-19-12-17(23-14(2)24-19)20(26)22-13-15-8-6-7-11-21-15/h4-12H,3,13H2,1-2H3,(H,22,26)(H,23,24,25). The lowest BCUT2D eigenvalue weighted by molar-refractivity contribution is 0.0945. The quantitative estimate of drug-likeness (QED) is 0.670. The first kappa shape index (κ1) is 18.3. The number of aromatic nitrogens is 3. The Hall–Kier alpha value is -3.48. The van der Waals surface area contributed by atoms with Gasteiger partial charge in [-0.2, -0.15) is 0 Å². The minimum absolute atomic E-state index is 0.285. The van der Waals surface area contributed by atoms with Crippen LogP contribution in [0.25, 0.3) is 0 Å². The second-order valence-electron chi connectivity index (χ2n) is 5.74. The van der Waals surface area contributed by atoms with E-state index in [0.29, 0.717) is 24.8 Å². The summed E-state index contributed by atoms with van der Waals surface area (Å²) in [5, 5.41) is 6.02. The number of anilines is 2. The molecule has 1 aromatic carbocycles. The maximum atomic E-state index is 12.5. The van der Waals surface area contributed by atoms with E-state index >= 15 is 0 Å². The van der Waals surface area contributed by atoms with Crippen molar-refractivity contribution in [3.8, 4) is 5.75 Å². The Balaban J connectivity index is 1.75. The molecule has 0 fully saturated rings. The minimum atomic E-state index is -0.285. The van der Waals surface area contributed by atoms with E-state index in [0.717, 1.165) is 17.1 Å². The van der Waals surface area contributed by atoms with E-state index in [1.165, 1.54) is 0 Å². The lowest BCUT2D eigenvalue weighted by Crippen LogP contribution is -2.24. The van der Waals surface area contributed by atoms with E-state index in [2.05, 4.69) is 25.6 Å². The molecule has 2 aromatic heterocycles. The highest BCUT2D eigenvalue weighted by Gasteiger charge is 2.12. The number of nitrogens with one attached hydrogen (secondary N) is 2. The summed E-state index contributed by atoms with van der Waals surface area (Å²) in [6.07, 6.45) is 1.69. The molecule has 3 rings (SSSR count). The first-order valence-electron chi connectivity index (χ1n) is 8.68. The van der Waals surface area contributed by atoms with Crippen LogP contribution in [0.2, 0.25) is 0 Å². The zero-order valence-electron chi connectivity index (χ0n) is 15.3. The summed E-state index contributed by atoms with van der Waals surface area (Å²) in [6.45, 7) is 4.56. The highest BCUT2D eigenvalue weighted by atomic mass is 16.5. The first-order valence-corrected chi connectivity index (χ1v) is 8.68. The van der Waals surface area contributed by atoms with E-state index in [-0.39, 0.29) is 11.6 Å². The van der Waals surface area contributed by atoms with Gasteiger partial charge in [-0.15, -0.1) is 0 Å². The fourth-order valence-corrected chi connectivity index (χ4v) is 2.50. The third-order valence-corrected chi connectivity index (χ3v) is 3.68. The third-order valence-electron chi connectivity index (χ3n) is 3.68. The number of carbonyl (C=O) groups excluding carboxylic acids is 1. The summed E-state index contributed by atoms with van der Waals surface area (Å²) in [5.41, 5.74) is 1.84. The molecule has 2 heterocycles. The molecule has 0 saturated carbocycles. The third kappa shape index (κ3) is 5.01. The number of nitrogens with zero attached hydrogens (tertiary/aromatic N) is 3. The topological polar surface area (TPSA) is 89.0 Å². The molecule has 0 bridgehead atoms. The Labute approximate surface area is 157 Å². The fraction of sp³-hybridized carbons (Fsp3) is 0.200. The normalized spacial score (nSPS) is 10.3. The Morgan fingerprint density at radius 2 is 1.93 bits per heavy atom. The van der Waals surface area contributed by atoms with E-state index in [1.807, 2.05) is 49.4 Å². The van der Waals surface area contributed by atoms with Crippen LogP contribution in [0.4, 0.5) is 11.5 Å². The Morgan fingerprint density at radius 1 is 1.11 bits per heavy atom. The largest absolute Gasteiger partial charge is 0.492 e. The predicted molar refractivity (Wildman–Crippen MR) is 103 cm³/mol. The number of pyridine rings is 1. The van der Waals surface area contributed by atoms with Crippen molar-refractivity contribution in [2.75, 3.05) is 11.9 Å². The number of ether oxygens (including phenoxy) is 1. The molecular formula is C20H21N5O2. The van der Waals surface area contributed by atoms with E-state index in [4.69, 9.17) is 4.74 Å². The van der Waals surface area contributed by atoms with Gasteiger partial charge < -0.3 is 15.4 Å². The fourth-order valence-electron chi connectivity index (χ4n) is 2.50. The van der Waals surface area contributed by atoms with E-state index in [9.17, 15) is 4.79 Å². The van der Waals surface area contributed by atoms with Crippen LogP contribution >= 0.6 is 0 Å². The molecular weight excluding hydrogens is 342 g/mol. The Morgan fingerprint density at radius 3 is 2.70 bits per heavy atom. The second-order valence-corrected chi connectivity index (χ2v) is 5.74. The number of hydrogen-bond acceptors (Lipinski definition) is 6. The van der Waals surface area contributed by atoms with Crippen LogP contribution in [0.5, 0.6) is 5.75 Å². The Bertz CT molecular complexity index is 915. The van der Waals surface area contributed by atoms with Crippen LogP contribution in [-0.4, -0.2) is 27.5 Å². The van der Waals surface area contributed by atoms with Crippen molar-refractivity contribution in [1.82, 2.24) is 20.3 Å². The van der Waals surface area contributed by atoms with Gasteiger partial charge in [-0.1, -0.05) is 18.2 Å². The lowest BCUT2D eigenvalue weighted by Gasteiger charge is -2.12. The summed E-state index contributed by atoms with van der Waals surface area (Å²) >= 11 is 0. The summed E-state index contributed by atoms with van der Waals surface area (Å²) in [4.78, 5) is 25.2. The number of rotatable bonds is 7. The number of aryl methyl sites for hydroxylation is 1. The summed E-state index contributed by atoms with van der Waals surface area (Å²) < 4.78 is 5.61. The van der Waals surface area contributed by atoms with Gasteiger partial charge in [-0.05, 0) is 38.1 Å². The Kier molecular flexibility index (Phi) is 5.94. The number of carbonyl (C=O) groups is 1. The zero-order valence-corrected chi connectivity index (χ0v) is 15.3. The SMILES string of the molecule is CCOc1ccccc1Nc1cc(C(=O)NCc2ccccn2)nc(C)n1. The van der Waals surface area contributed by atoms with E-state index in [1.54, 1.807) is 19.2 Å². The van der Waals surface area contributed by atoms with Crippen molar-refractivity contribution in [2.24, 2.45) is 0 Å². The molecule has 0 aliphatic carbocycles. The summed E-state index contributed by atoms with van der Waals surface area (Å²) in [5.74, 6) is 1.46. The summed E-state index contributed by atoms with van der Waals surface area (Å²) in [6, 6.07) is 14.7. The smallest absolute Gasteiger partial charge is 0.270 e. The monoisotopic (exact) mass is 363 g/mol. The van der Waals surface area contributed by atoms with Crippen molar-refractivity contribution in [3.05, 3.63) is 71.9 Å². The van der Waals surface area contributed by atoms with Crippen LogP contribution in [0.15, 0.2) is 54.7 Å². The molecule has 0 saturated heterocycles. The molecule has 0 radical (unpaired) electrons. The molecule has 138 valence electrons. The van der Waals surface area contributed by atoms with Gasteiger partial charge in [0.05, 0.1) is 24.5 Å². The van der Waals surface area contributed by atoms with Gasteiger partial charge in [-0.25, -0.2) is 9.97 Å². The van der Waals surface area contributed by atoms with Gasteiger partial charge in [0.25, 0.3) is 5.91 Å². The molecule has 7 heteroatoms. The molecule has 0 unspecified atom stereocenters. The van der Waals surface area contributed by atoms with Gasteiger partial charge >= 0.3 is 0 Å². The average molecular weight is 363 g/mol. The summed E-state index contributed by atoms with van der Waals surface area (Å²) in [7, 11) is 0. The molecule has 0 atom stereocenters. The minimum Gasteiger partial charge on any atom is -0.492 e. The van der Waals surface area contributed by atoms with Crippen molar-refractivity contribution < 1.29 is 9.53 Å². The van der Waals surface area contributed by atoms with Crippen molar-refractivity contribution >= 4 is 17.4 Å². The highest BCUT2D eigenvalue weighted by molar-refractivity contribution is 5.93. The van der Waals surface area contributed by atoms with Crippen molar-refractivity contribution in [3.63, 3.8) is 0 Å². The molecule has 27 heavy (non-hydrogen) atoms. The van der Waals surface area contributed by atoms with Crippen LogP contribution in [0.1, 0.15) is 28.9 Å². The van der Waals surface area contributed by atoms with Gasteiger partial charge in [-0.3, -0.25) is 9.78 Å². The van der Waals surface area contributed by atoms with Gasteiger partial charge in [0, 0.05) is 12.3 Å². The first-order chi connectivity index (χ1) is 13.2. The number of amides is 1. The molecule has 2 N–H and O–H groups in total. The van der Waals surface area contributed by atoms with Crippen LogP contribution in [0, 0.1) is 6.92 Å². The van der Waals surface area contributed by atoms with Crippen molar-refractivity contribution in [2.45, 2.75) is 20.4 Å². The van der Waals surface area contributed by atoms with Gasteiger partial charge in [0.1, 0.15) is 23.1 Å². The average Bonchev–Trinajstić information content (AvgIpc) is 2.68. The molecule has 0 aliphatic rings. The van der Waals surface area contributed by atoms with Crippen LogP contribution in [0.3, 0.4) is 0 Å². The van der Waals surface area contributed by atoms with E-state index < -0.39 is 0 Å². The maximum absolute atomic E-state index is 12.5. The van der Waals surface area contributed by atoms with Gasteiger partial charge in [0.15, 0.2) is 0 Å². The maximum Gasteiger partial charge on any atom is 0.270 e. The van der Waals surface area contributed by atoms with Gasteiger partial charge in [0.2, 0.25) is 0 Å². The molecule has 0 aliphatic heterocycles. The molecule has 1 amide bonds.